The fourth-order valence-electron chi connectivity index (χ4n) is 1.74. The van der Waals surface area contributed by atoms with E-state index in [4.69, 9.17) is 4.74 Å². The van der Waals surface area contributed by atoms with Gasteiger partial charge in [0.15, 0.2) is 0 Å². The van der Waals surface area contributed by atoms with E-state index in [0.29, 0.717) is 13.2 Å². The number of nitrogens with one attached hydrogen (secondary N) is 1. The molecule has 1 atom stereocenters. The summed E-state index contributed by atoms with van der Waals surface area (Å²) in [6.07, 6.45) is 0. The number of rotatable bonds is 3. The molecule has 1 N–H and O–H groups in total. The van der Waals surface area contributed by atoms with Gasteiger partial charge in [0.25, 0.3) is 5.69 Å². The van der Waals surface area contributed by atoms with Crippen LogP contribution < -0.4 is 5.32 Å². The first kappa shape index (κ1) is 12.9. The van der Waals surface area contributed by atoms with Gasteiger partial charge in [-0.05, 0) is 6.07 Å². The van der Waals surface area contributed by atoms with Crippen molar-refractivity contribution in [2.45, 2.75) is 10.3 Å². The van der Waals surface area contributed by atoms with Gasteiger partial charge in [-0.3, -0.25) is 15.4 Å². The lowest BCUT2D eigenvalue weighted by molar-refractivity contribution is -0.387. The molecule has 1 fully saturated rings. The molecule has 1 saturated heterocycles. The van der Waals surface area contributed by atoms with Crippen LogP contribution in [-0.4, -0.2) is 38.5 Å². The highest BCUT2D eigenvalue weighted by Gasteiger charge is 2.34. The highest BCUT2D eigenvalue weighted by Crippen LogP contribution is 2.26. The second-order valence-electron chi connectivity index (χ2n) is 3.79. The van der Waals surface area contributed by atoms with Crippen LogP contribution in [0.2, 0.25) is 0 Å². The van der Waals surface area contributed by atoms with E-state index in [1.54, 1.807) is 0 Å². The maximum absolute atomic E-state index is 12.3. The Bertz CT molecular complexity index is 551. The minimum atomic E-state index is -3.82. The van der Waals surface area contributed by atoms with Crippen molar-refractivity contribution in [3.05, 3.63) is 34.4 Å². The molecule has 1 aliphatic heterocycles. The molecule has 1 unspecified atom stereocenters. The molecule has 0 radical (unpaired) electrons. The summed E-state index contributed by atoms with van der Waals surface area (Å²) in [5.74, 6) is 0. The highest BCUT2D eigenvalue weighted by atomic mass is 32.2. The SMILES string of the molecule is O=[N+]([O-])c1ccccc1S(=O)(=O)C1COCCN1. The van der Waals surface area contributed by atoms with Crippen molar-refractivity contribution >= 4 is 15.5 Å². The zero-order valence-electron chi connectivity index (χ0n) is 9.40. The van der Waals surface area contributed by atoms with Gasteiger partial charge in [-0.15, -0.1) is 0 Å². The Balaban J connectivity index is 2.43. The molecule has 0 amide bonds. The highest BCUT2D eigenvalue weighted by molar-refractivity contribution is 7.92. The first-order valence-electron chi connectivity index (χ1n) is 5.32. The van der Waals surface area contributed by atoms with Crippen LogP contribution in [0, 0.1) is 10.1 Å². The molecule has 1 aromatic rings. The Hall–Kier alpha value is -1.51. The van der Waals surface area contributed by atoms with Crippen molar-refractivity contribution in [3.63, 3.8) is 0 Å². The van der Waals surface area contributed by atoms with Crippen molar-refractivity contribution in [3.8, 4) is 0 Å². The van der Waals surface area contributed by atoms with Crippen LogP contribution in [0.3, 0.4) is 0 Å². The van der Waals surface area contributed by atoms with E-state index in [1.807, 2.05) is 0 Å². The molecule has 1 aliphatic rings. The fraction of sp³-hybridized carbons (Fsp3) is 0.400. The van der Waals surface area contributed by atoms with E-state index in [-0.39, 0.29) is 11.5 Å². The van der Waals surface area contributed by atoms with Crippen LogP contribution in [0.1, 0.15) is 0 Å². The van der Waals surface area contributed by atoms with E-state index >= 15 is 0 Å². The lowest BCUT2D eigenvalue weighted by Gasteiger charge is -2.23. The van der Waals surface area contributed by atoms with Crippen molar-refractivity contribution in [1.82, 2.24) is 5.32 Å². The van der Waals surface area contributed by atoms with E-state index < -0.39 is 25.8 Å². The second-order valence-corrected chi connectivity index (χ2v) is 5.89. The molecular formula is C10H12N2O5S. The van der Waals surface area contributed by atoms with E-state index in [2.05, 4.69) is 5.32 Å². The summed E-state index contributed by atoms with van der Waals surface area (Å²) in [5.41, 5.74) is -0.412. The number of nitrogens with zero attached hydrogens (tertiary/aromatic N) is 1. The van der Waals surface area contributed by atoms with Crippen LogP contribution in [-0.2, 0) is 14.6 Å². The molecular weight excluding hydrogens is 260 g/mol. The Morgan fingerprint density at radius 1 is 1.39 bits per heavy atom. The maximum atomic E-state index is 12.3. The molecule has 0 aromatic heterocycles. The summed E-state index contributed by atoms with van der Waals surface area (Å²) in [7, 11) is -3.82. The minimum absolute atomic E-state index is 0.00557. The summed E-state index contributed by atoms with van der Waals surface area (Å²) < 4.78 is 29.6. The second kappa shape index (κ2) is 5.01. The van der Waals surface area contributed by atoms with Gasteiger partial charge < -0.3 is 4.74 Å². The number of nitro benzene ring substituents is 1. The lowest BCUT2D eigenvalue weighted by atomic mass is 10.3. The van der Waals surface area contributed by atoms with Crippen molar-refractivity contribution in [2.75, 3.05) is 19.8 Å². The van der Waals surface area contributed by atoms with Crippen LogP contribution in [0.5, 0.6) is 0 Å². The Kier molecular flexibility index (Phi) is 3.60. The fourth-order valence-corrected chi connectivity index (χ4v) is 3.36. The Morgan fingerprint density at radius 2 is 2.11 bits per heavy atom. The summed E-state index contributed by atoms with van der Waals surface area (Å²) >= 11 is 0. The van der Waals surface area contributed by atoms with Crippen molar-refractivity contribution in [1.29, 1.82) is 0 Å². The lowest BCUT2D eigenvalue weighted by Crippen LogP contribution is -2.46. The number of morpholine rings is 1. The smallest absolute Gasteiger partial charge is 0.288 e. The van der Waals surface area contributed by atoms with Gasteiger partial charge >= 0.3 is 0 Å². The summed E-state index contributed by atoms with van der Waals surface area (Å²) in [6, 6.07) is 5.31. The van der Waals surface area contributed by atoms with Gasteiger partial charge in [0.2, 0.25) is 9.84 Å². The molecule has 1 heterocycles. The van der Waals surface area contributed by atoms with Gasteiger partial charge in [0.05, 0.1) is 18.1 Å². The number of sulfone groups is 1. The minimum Gasteiger partial charge on any atom is -0.377 e. The van der Waals surface area contributed by atoms with Gasteiger partial charge in [-0.25, -0.2) is 8.42 Å². The predicted molar refractivity (Wildman–Crippen MR) is 62.9 cm³/mol. The Labute approximate surface area is 104 Å². The normalized spacial score (nSPS) is 20.6. The number of ether oxygens (including phenoxy) is 1. The molecule has 18 heavy (non-hydrogen) atoms. The van der Waals surface area contributed by atoms with E-state index in [0.717, 1.165) is 0 Å². The predicted octanol–water partition coefficient (Wildman–Crippen LogP) is 0.314. The standard InChI is InChI=1S/C10H12N2O5S/c13-12(14)8-3-1-2-4-9(8)18(15,16)10-7-17-6-5-11-10/h1-4,10-11H,5-7H2. The third kappa shape index (κ3) is 2.35. The van der Waals surface area contributed by atoms with Gasteiger partial charge in [-0.1, -0.05) is 12.1 Å². The first-order valence-corrected chi connectivity index (χ1v) is 6.86. The largest absolute Gasteiger partial charge is 0.377 e. The van der Waals surface area contributed by atoms with Crippen LogP contribution in [0.25, 0.3) is 0 Å². The van der Waals surface area contributed by atoms with Crippen LogP contribution in [0.15, 0.2) is 29.2 Å². The monoisotopic (exact) mass is 272 g/mol. The molecule has 0 saturated carbocycles. The number of hydrogen-bond donors (Lipinski definition) is 1. The molecule has 8 heteroatoms. The van der Waals surface area contributed by atoms with Crippen molar-refractivity contribution in [2.24, 2.45) is 0 Å². The molecule has 0 spiro atoms. The number of para-hydroxylation sites is 1. The van der Waals surface area contributed by atoms with E-state index in [1.165, 1.54) is 24.3 Å². The number of hydrogen-bond acceptors (Lipinski definition) is 6. The summed E-state index contributed by atoms with van der Waals surface area (Å²) in [5, 5.41) is 12.7. The zero-order chi connectivity index (χ0) is 13.2. The Morgan fingerprint density at radius 3 is 2.72 bits per heavy atom. The summed E-state index contributed by atoms with van der Waals surface area (Å²) in [6.45, 7) is 0.835. The molecule has 98 valence electrons. The van der Waals surface area contributed by atoms with Crippen LogP contribution in [0.4, 0.5) is 5.69 Å². The number of nitro groups is 1. The first-order chi connectivity index (χ1) is 8.53. The average molecular weight is 272 g/mol. The molecule has 7 nitrogen and oxygen atoms in total. The molecule has 0 bridgehead atoms. The van der Waals surface area contributed by atoms with Crippen molar-refractivity contribution < 1.29 is 18.1 Å². The van der Waals surface area contributed by atoms with Gasteiger partial charge in [-0.2, -0.15) is 0 Å². The zero-order valence-corrected chi connectivity index (χ0v) is 10.2. The quantitative estimate of drug-likeness (QED) is 0.628. The number of benzene rings is 1. The molecule has 1 aromatic carbocycles. The van der Waals surface area contributed by atoms with Crippen LogP contribution >= 0.6 is 0 Å². The third-order valence-corrected chi connectivity index (χ3v) is 4.64. The third-order valence-electron chi connectivity index (χ3n) is 2.63. The maximum Gasteiger partial charge on any atom is 0.288 e. The van der Waals surface area contributed by atoms with Gasteiger partial charge in [0, 0.05) is 12.6 Å². The topological polar surface area (TPSA) is 98.5 Å². The van der Waals surface area contributed by atoms with E-state index in [9.17, 15) is 18.5 Å². The molecule has 0 aliphatic carbocycles. The molecule has 2 rings (SSSR count). The summed E-state index contributed by atoms with van der Waals surface area (Å²) in [4.78, 5) is 9.86. The average Bonchev–Trinajstić information content (AvgIpc) is 2.39. The van der Waals surface area contributed by atoms with Gasteiger partial charge in [0.1, 0.15) is 10.3 Å².